The summed E-state index contributed by atoms with van der Waals surface area (Å²) in [4.78, 5) is 2.42. The number of rotatable bonds is 5. The van der Waals surface area contributed by atoms with E-state index in [1.54, 1.807) is 0 Å². The van der Waals surface area contributed by atoms with E-state index in [0.29, 0.717) is 0 Å². The van der Waals surface area contributed by atoms with Crippen molar-refractivity contribution in [1.82, 2.24) is 4.57 Å². The minimum Gasteiger partial charge on any atom is -0.310 e. The van der Waals surface area contributed by atoms with E-state index in [1.807, 2.05) is 0 Å². The molecule has 0 saturated heterocycles. The van der Waals surface area contributed by atoms with Crippen LogP contribution in [0.4, 0.5) is 17.1 Å². The van der Waals surface area contributed by atoms with E-state index < -0.39 is 0 Å². The molecule has 0 amide bonds. The quantitative estimate of drug-likeness (QED) is 0.157. The van der Waals surface area contributed by atoms with Gasteiger partial charge in [-0.1, -0.05) is 166 Å². The largest absolute Gasteiger partial charge is 0.310 e. The first-order chi connectivity index (χ1) is 32.0. The van der Waals surface area contributed by atoms with E-state index in [4.69, 9.17) is 0 Å². The average molecular weight is 827 g/mol. The zero-order chi connectivity index (χ0) is 43.0. The third-order valence-corrected chi connectivity index (χ3v) is 14.6. The van der Waals surface area contributed by atoms with Gasteiger partial charge in [0.05, 0.1) is 16.7 Å². The van der Waals surface area contributed by atoms with Crippen molar-refractivity contribution in [2.75, 3.05) is 4.90 Å². The lowest BCUT2D eigenvalue weighted by atomic mass is 9.81. The van der Waals surface area contributed by atoms with Crippen molar-refractivity contribution < 1.29 is 0 Å². The Morgan fingerprint density at radius 1 is 0.354 bits per heavy atom. The van der Waals surface area contributed by atoms with Gasteiger partial charge in [-0.2, -0.15) is 0 Å². The molecule has 0 unspecified atom stereocenters. The van der Waals surface area contributed by atoms with Crippen LogP contribution in [0, 0.1) is 0 Å². The first-order valence-corrected chi connectivity index (χ1v) is 22.7. The molecule has 0 bridgehead atoms. The second-order valence-electron chi connectivity index (χ2n) is 18.5. The third-order valence-electron chi connectivity index (χ3n) is 14.6. The second-order valence-corrected chi connectivity index (χ2v) is 18.5. The number of benzene rings is 12. The van der Waals surface area contributed by atoms with Crippen molar-refractivity contribution in [1.29, 1.82) is 0 Å². The van der Waals surface area contributed by atoms with Crippen LogP contribution in [0.1, 0.15) is 25.0 Å². The Kier molecular flexibility index (Phi) is 7.49. The normalized spacial score (nSPS) is 13.2. The number of aromatic nitrogens is 1. The molecule has 14 rings (SSSR count). The molecule has 13 aromatic rings. The van der Waals surface area contributed by atoms with Crippen LogP contribution in [-0.2, 0) is 5.41 Å². The van der Waals surface area contributed by atoms with Crippen molar-refractivity contribution in [3.63, 3.8) is 0 Å². The standard InChI is InChI=1S/C63H42N2/c1-63(2)55-36-45(26-30-51(55)52-32-29-49(38-56(52)63)64(47-18-4-3-5-19-47)57-21-11-15-40-13-8-9-20-50(40)57)44-27-33-58-54(35-44)62-53-31-25-42-17-10-16-41-22-23-46(61(53)60(41)42)37-59(62)65(58)48-28-24-39-12-6-7-14-43(39)34-48/h3-38H,1-2H3. The van der Waals surface area contributed by atoms with Crippen LogP contribution < -0.4 is 4.90 Å². The molecular formula is C63H42N2. The molecule has 1 heterocycles. The van der Waals surface area contributed by atoms with Gasteiger partial charge in [-0.3, -0.25) is 0 Å². The molecule has 12 aromatic carbocycles. The summed E-state index contributed by atoms with van der Waals surface area (Å²) in [6.45, 7) is 4.80. The molecule has 1 aromatic heterocycles. The Balaban J connectivity index is 0.941. The van der Waals surface area contributed by atoms with Gasteiger partial charge in [0.2, 0.25) is 0 Å². The molecule has 304 valence electrons. The van der Waals surface area contributed by atoms with Crippen LogP contribution in [0.5, 0.6) is 0 Å². The lowest BCUT2D eigenvalue weighted by Crippen LogP contribution is -2.16. The zero-order valence-electron chi connectivity index (χ0n) is 36.2. The SMILES string of the molecule is CC1(C)c2cc(-c3ccc4c(c3)c3c5ccc6cccc7ccc(cc3n4-c3ccc4ccccc4c3)c5c76)ccc2-c2ccc(N(c3ccccc3)c3cccc4ccccc34)cc21. The molecule has 0 saturated carbocycles. The molecule has 2 nitrogen and oxygen atoms in total. The number of hydrogen-bond donors (Lipinski definition) is 0. The van der Waals surface area contributed by atoms with E-state index in [-0.39, 0.29) is 5.41 Å². The monoisotopic (exact) mass is 826 g/mol. The van der Waals surface area contributed by atoms with Gasteiger partial charge in [-0.15, -0.1) is 0 Å². The van der Waals surface area contributed by atoms with Gasteiger partial charge in [0, 0.05) is 38.6 Å². The summed E-state index contributed by atoms with van der Waals surface area (Å²) in [6, 6.07) is 81.5. The Morgan fingerprint density at radius 2 is 1.00 bits per heavy atom. The van der Waals surface area contributed by atoms with E-state index in [9.17, 15) is 0 Å². The van der Waals surface area contributed by atoms with Gasteiger partial charge in [0.1, 0.15) is 0 Å². The number of hydrogen-bond acceptors (Lipinski definition) is 1. The summed E-state index contributed by atoms with van der Waals surface area (Å²) in [6.07, 6.45) is 0. The predicted octanol–water partition coefficient (Wildman–Crippen LogP) is 17.4. The average Bonchev–Trinajstić information content (AvgIpc) is 3.80. The topological polar surface area (TPSA) is 8.17 Å². The fourth-order valence-electron chi connectivity index (χ4n) is 11.5. The van der Waals surface area contributed by atoms with Crippen molar-refractivity contribution >= 4 is 92.7 Å². The highest BCUT2D eigenvalue weighted by molar-refractivity contribution is 6.33. The summed E-state index contributed by atoms with van der Waals surface area (Å²) in [5, 5.41) is 15.4. The Labute approximate surface area is 377 Å². The third kappa shape index (κ3) is 5.23. The molecular weight excluding hydrogens is 785 g/mol. The summed E-state index contributed by atoms with van der Waals surface area (Å²) >= 11 is 0. The molecule has 0 fully saturated rings. The molecule has 65 heavy (non-hydrogen) atoms. The number of nitrogens with zero attached hydrogens (tertiary/aromatic N) is 2. The van der Waals surface area contributed by atoms with Gasteiger partial charge in [-0.05, 0) is 149 Å². The Morgan fingerprint density at radius 3 is 1.86 bits per heavy atom. The lowest BCUT2D eigenvalue weighted by Gasteiger charge is -2.29. The smallest absolute Gasteiger partial charge is 0.0553 e. The molecule has 0 atom stereocenters. The van der Waals surface area contributed by atoms with E-state index in [0.717, 1.165) is 11.4 Å². The van der Waals surface area contributed by atoms with Crippen molar-refractivity contribution in [3.8, 4) is 27.9 Å². The maximum atomic E-state index is 2.49. The van der Waals surface area contributed by atoms with Gasteiger partial charge >= 0.3 is 0 Å². The summed E-state index contributed by atoms with van der Waals surface area (Å²) < 4.78 is 2.49. The molecule has 0 N–H and O–H groups in total. The van der Waals surface area contributed by atoms with Gasteiger partial charge in [0.25, 0.3) is 0 Å². The van der Waals surface area contributed by atoms with Crippen LogP contribution >= 0.6 is 0 Å². The minimum atomic E-state index is -0.222. The molecule has 0 spiro atoms. The van der Waals surface area contributed by atoms with Crippen LogP contribution in [0.2, 0.25) is 0 Å². The maximum absolute atomic E-state index is 2.49. The first-order valence-electron chi connectivity index (χ1n) is 22.7. The first kappa shape index (κ1) is 36.3. The van der Waals surface area contributed by atoms with Gasteiger partial charge in [-0.25, -0.2) is 0 Å². The molecule has 1 aliphatic rings. The number of anilines is 3. The molecule has 2 heteroatoms. The zero-order valence-corrected chi connectivity index (χ0v) is 36.2. The van der Waals surface area contributed by atoms with E-state index in [1.165, 1.54) is 120 Å². The highest BCUT2D eigenvalue weighted by atomic mass is 15.1. The fraction of sp³-hybridized carbons (Fsp3) is 0.0476. The van der Waals surface area contributed by atoms with Crippen LogP contribution in [0.15, 0.2) is 218 Å². The van der Waals surface area contributed by atoms with E-state index in [2.05, 4.69) is 242 Å². The van der Waals surface area contributed by atoms with Crippen LogP contribution in [0.3, 0.4) is 0 Å². The molecule has 0 aliphatic heterocycles. The fourth-order valence-corrected chi connectivity index (χ4v) is 11.5. The molecule has 1 aliphatic carbocycles. The van der Waals surface area contributed by atoms with Crippen molar-refractivity contribution in [2.45, 2.75) is 19.3 Å². The Hall–Kier alpha value is -8.20. The van der Waals surface area contributed by atoms with E-state index >= 15 is 0 Å². The summed E-state index contributed by atoms with van der Waals surface area (Å²) in [5.74, 6) is 0. The molecule has 0 radical (unpaired) electrons. The number of fused-ring (bicyclic) bond motifs is 9. The predicted molar refractivity (Wildman–Crippen MR) is 277 cm³/mol. The minimum absolute atomic E-state index is 0.222. The summed E-state index contributed by atoms with van der Waals surface area (Å²) in [7, 11) is 0. The Bertz CT molecular complexity index is 4070. The highest BCUT2D eigenvalue weighted by Crippen LogP contribution is 2.52. The summed E-state index contributed by atoms with van der Waals surface area (Å²) in [5.41, 5.74) is 14.7. The maximum Gasteiger partial charge on any atom is 0.0553 e. The van der Waals surface area contributed by atoms with Crippen molar-refractivity contribution in [2.24, 2.45) is 0 Å². The lowest BCUT2D eigenvalue weighted by molar-refractivity contribution is 0.660. The van der Waals surface area contributed by atoms with Gasteiger partial charge < -0.3 is 9.47 Å². The van der Waals surface area contributed by atoms with Crippen LogP contribution in [0.25, 0.3) is 104 Å². The van der Waals surface area contributed by atoms with Crippen molar-refractivity contribution in [3.05, 3.63) is 230 Å². The number of para-hydroxylation sites is 1. The van der Waals surface area contributed by atoms with Gasteiger partial charge in [0.15, 0.2) is 0 Å². The second kappa shape index (κ2) is 13.4. The highest BCUT2D eigenvalue weighted by Gasteiger charge is 2.36. The van der Waals surface area contributed by atoms with Crippen LogP contribution in [-0.4, -0.2) is 4.57 Å².